The Morgan fingerprint density at radius 2 is 2.00 bits per heavy atom. The van der Waals surface area contributed by atoms with E-state index in [1.165, 1.54) is 5.56 Å². The zero-order valence-electron chi connectivity index (χ0n) is 13.1. The van der Waals surface area contributed by atoms with E-state index in [1.807, 2.05) is 6.07 Å². The molecule has 0 saturated heterocycles. The molecule has 1 aliphatic carbocycles. The van der Waals surface area contributed by atoms with Crippen molar-refractivity contribution in [3.63, 3.8) is 0 Å². The Hall–Kier alpha value is -1.55. The second-order valence-electron chi connectivity index (χ2n) is 5.97. The van der Waals surface area contributed by atoms with Gasteiger partial charge in [-0.15, -0.1) is 0 Å². The van der Waals surface area contributed by atoms with E-state index in [-0.39, 0.29) is 0 Å². The molecule has 1 atom stereocenters. The molecule has 0 aromatic heterocycles. The molecule has 0 aliphatic heterocycles. The maximum absolute atomic E-state index is 10.1. The zero-order valence-corrected chi connectivity index (χ0v) is 13.1. The number of hydrogen-bond donors (Lipinski definition) is 3. The minimum absolute atomic E-state index is 0.418. The standard InChI is InChI=1S/C17H27N3O/c1-3-18-16(20-13-17(21)10-7-11-17)19-12-14(2)15-8-5-4-6-9-15/h4-6,8-9,14,21H,3,7,10-13H2,1-2H3,(H2,18,19,20). The highest BCUT2D eigenvalue weighted by Crippen LogP contribution is 2.31. The van der Waals surface area contributed by atoms with Crippen molar-refractivity contribution in [3.05, 3.63) is 35.9 Å². The number of hydrogen-bond acceptors (Lipinski definition) is 2. The van der Waals surface area contributed by atoms with E-state index < -0.39 is 5.60 Å². The number of benzene rings is 1. The lowest BCUT2D eigenvalue weighted by atomic mass is 9.80. The molecule has 1 unspecified atom stereocenters. The molecule has 116 valence electrons. The van der Waals surface area contributed by atoms with Crippen LogP contribution in [0.1, 0.15) is 44.6 Å². The monoisotopic (exact) mass is 289 g/mol. The molecule has 1 fully saturated rings. The zero-order chi connectivity index (χ0) is 15.1. The van der Waals surface area contributed by atoms with Gasteiger partial charge in [-0.2, -0.15) is 0 Å². The fourth-order valence-electron chi connectivity index (χ4n) is 2.46. The highest BCUT2D eigenvalue weighted by atomic mass is 16.3. The average Bonchev–Trinajstić information content (AvgIpc) is 2.48. The molecular formula is C17H27N3O. The molecule has 1 saturated carbocycles. The molecule has 0 spiro atoms. The lowest BCUT2D eigenvalue weighted by Crippen LogP contribution is -2.43. The molecule has 21 heavy (non-hydrogen) atoms. The van der Waals surface area contributed by atoms with Crippen LogP contribution in [-0.2, 0) is 0 Å². The van der Waals surface area contributed by atoms with Gasteiger partial charge in [-0.25, -0.2) is 0 Å². The normalized spacial score (nSPS) is 18.7. The van der Waals surface area contributed by atoms with Crippen molar-refractivity contribution in [3.8, 4) is 0 Å². The first-order valence-electron chi connectivity index (χ1n) is 7.92. The first-order chi connectivity index (χ1) is 10.1. The van der Waals surface area contributed by atoms with Gasteiger partial charge in [-0.05, 0) is 37.7 Å². The Bertz CT molecular complexity index is 454. The van der Waals surface area contributed by atoms with E-state index in [1.54, 1.807) is 0 Å². The summed E-state index contributed by atoms with van der Waals surface area (Å²) in [7, 11) is 0. The van der Waals surface area contributed by atoms with Gasteiger partial charge in [0.15, 0.2) is 5.96 Å². The second-order valence-corrected chi connectivity index (χ2v) is 5.97. The number of guanidine groups is 1. The van der Waals surface area contributed by atoms with Crippen LogP contribution in [0, 0.1) is 0 Å². The van der Waals surface area contributed by atoms with Crippen LogP contribution in [0.4, 0.5) is 0 Å². The van der Waals surface area contributed by atoms with Crippen molar-refractivity contribution < 1.29 is 5.11 Å². The Balaban J connectivity index is 1.86. The van der Waals surface area contributed by atoms with Gasteiger partial charge < -0.3 is 15.7 Å². The van der Waals surface area contributed by atoms with E-state index in [0.717, 1.165) is 38.3 Å². The quantitative estimate of drug-likeness (QED) is 0.556. The van der Waals surface area contributed by atoms with E-state index in [2.05, 4.69) is 53.7 Å². The minimum atomic E-state index is -0.562. The van der Waals surface area contributed by atoms with Gasteiger partial charge in [-0.3, -0.25) is 4.99 Å². The largest absolute Gasteiger partial charge is 0.388 e. The average molecular weight is 289 g/mol. The SMILES string of the molecule is CCNC(=NCC1(O)CCC1)NCC(C)c1ccccc1. The molecule has 0 radical (unpaired) electrons. The van der Waals surface area contributed by atoms with Crippen LogP contribution < -0.4 is 10.6 Å². The van der Waals surface area contributed by atoms with Gasteiger partial charge >= 0.3 is 0 Å². The fourth-order valence-corrected chi connectivity index (χ4v) is 2.46. The van der Waals surface area contributed by atoms with Gasteiger partial charge in [0.1, 0.15) is 0 Å². The summed E-state index contributed by atoms with van der Waals surface area (Å²) in [5.41, 5.74) is 0.756. The molecular weight excluding hydrogens is 262 g/mol. The summed E-state index contributed by atoms with van der Waals surface area (Å²) >= 11 is 0. The van der Waals surface area contributed by atoms with Gasteiger partial charge in [0.2, 0.25) is 0 Å². The van der Waals surface area contributed by atoms with Crippen molar-refractivity contribution in [2.75, 3.05) is 19.6 Å². The number of nitrogens with zero attached hydrogens (tertiary/aromatic N) is 1. The predicted octanol–water partition coefficient (Wildman–Crippen LogP) is 2.26. The highest BCUT2D eigenvalue weighted by molar-refractivity contribution is 5.79. The third-order valence-electron chi connectivity index (χ3n) is 4.10. The van der Waals surface area contributed by atoms with E-state index in [0.29, 0.717) is 12.5 Å². The van der Waals surface area contributed by atoms with E-state index in [4.69, 9.17) is 0 Å². The number of rotatable bonds is 6. The highest BCUT2D eigenvalue weighted by Gasteiger charge is 2.34. The summed E-state index contributed by atoms with van der Waals surface area (Å²) in [4.78, 5) is 4.52. The summed E-state index contributed by atoms with van der Waals surface area (Å²) in [5.74, 6) is 1.21. The van der Waals surface area contributed by atoms with Gasteiger partial charge in [0.05, 0.1) is 12.1 Å². The third-order valence-corrected chi connectivity index (χ3v) is 4.10. The molecule has 1 aromatic carbocycles. The molecule has 4 nitrogen and oxygen atoms in total. The van der Waals surface area contributed by atoms with Crippen LogP contribution in [0.5, 0.6) is 0 Å². The van der Waals surface area contributed by atoms with Crippen molar-refractivity contribution in [2.45, 2.75) is 44.6 Å². The van der Waals surface area contributed by atoms with E-state index in [9.17, 15) is 5.11 Å². The van der Waals surface area contributed by atoms with Crippen molar-refractivity contribution in [1.82, 2.24) is 10.6 Å². The topological polar surface area (TPSA) is 56.7 Å². The number of aliphatic hydroxyl groups is 1. The first-order valence-corrected chi connectivity index (χ1v) is 7.92. The second kappa shape index (κ2) is 7.46. The van der Waals surface area contributed by atoms with Crippen LogP contribution in [0.2, 0.25) is 0 Å². The van der Waals surface area contributed by atoms with Gasteiger partial charge in [-0.1, -0.05) is 37.3 Å². The Kier molecular flexibility index (Phi) is 5.62. The van der Waals surface area contributed by atoms with Crippen LogP contribution in [0.3, 0.4) is 0 Å². The fraction of sp³-hybridized carbons (Fsp3) is 0.588. The van der Waals surface area contributed by atoms with Crippen molar-refractivity contribution in [2.24, 2.45) is 4.99 Å². The molecule has 0 amide bonds. The Labute approximate surface area is 127 Å². The van der Waals surface area contributed by atoms with Crippen molar-refractivity contribution >= 4 is 5.96 Å². The Morgan fingerprint density at radius 1 is 1.29 bits per heavy atom. The van der Waals surface area contributed by atoms with E-state index >= 15 is 0 Å². The van der Waals surface area contributed by atoms with Crippen LogP contribution >= 0.6 is 0 Å². The third kappa shape index (κ3) is 4.74. The molecule has 1 aliphatic rings. The Morgan fingerprint density at radius 3 is 2.57 bits per heavy atom. The molecule has 2 rings (SSSR count). The molecule has 0 heterocycles. The summed E-state index contributed by atoms with van der Waals surface area (Å²) in [5, 5.41) is 16.7. The van der Waals surface area contributed by atoms with Gasteiger partial charge in [0, 0.05) is 13.1 Å². The van der Waals surface area contributed by atoms with Crippen LogP contribution in [-0.4, -0.2) is 36.3 Å². The maximum Gasteiger partial charge on any atom is 0.191 e. The molecule has 3 N–H and O–H groups in total. The van der Waals surface area contributed by atoms with Crippen molar-refractivity contribution in [1.29, 1.82) is 0 Å². The summed E-state index contributed by atoms with van der Waals surface area (Å²) in [6.45, 7) is 6.39. The minimum Gasteiger partial charge on any atom is -0.388 e. The van der Waals surface area contributed by atoms with Crippen LogP contribution in [0.15, 0.2) is 35.3 Å². The number of nitrogens with one attached hydrogen (secondary N) is 2. The molecule has 0 bridgehead atoms. The predicted molar refractivity (Wildman–Crippen MR) is 87.6 cm³/mol. The smallest absolute Gasteiger partial charge is 0.191 e. The lowest BCUT2D eigenvalue weighted by Gasteiger charge is -2.35. The maximum atomic E-state index is 10.1. The number of aliphatic imine (C=N–C) groups is 1. The molecule has 1 aromatic rings. The van der Waals surface area contributed by atoms with Crippen LogP contribution in [0.25, 0.3) is 0 Å². The molecule has 4 heteroatoms. The summed E-state index contributed by atoms with van der Waals surface area (Å²) < 4.78 is 0. The lowest BCUT2D eigenvalue weighted by molar-refractivity contribution is -0.0236. The van der Waals surface area contributed by atoms with Gasteiger partial charge in [0.25, 0.3) is 0 Å². The summed E-state index contributed by atoms with van der Waals surface area (Å²) in [6, 6.07) is 10.5. The first kappa shape index (κ1) is 15.8. The summed E-state index contributed by atoms with van der Waals surface area (Å²) in [6.07, 6.45) is 2.85.